The Balaban J connectivity index is 3.18. The summed E-state index contributed by atoms with van der Waals surface area (Å²) in [5.74, 6) is 0.0330. The monoisotopic (exact) mass is 202 g/mol. The van der Waals surface area contributed by atoms with Crippen molar-refractivity contribution in [3.8, 4) is 0 Å². The fourth-order valence-electron chi connectivity index (χ4n) is 1.54. The maximum Gasteiger partial charge on any atom is 0.0587 e. The molecule has 0 aromatic rings. The third-order valence-corrected chi connectivity index (χ3v) is 2.80. The highest BCUT2D eigenvalue weighted by atomic mass is 16.3. The summed E-state index contributed by atoms with van der Waals surface area (Å²) in [7, 11) is 0. The minimum atomic E-state index is -0.314. The van der Waals surface area contributed by atoms with Crippen molar-refractivity contribution in [3.63, 3.8) is 0 Å². The summed E-state index contributed by atoms with van der Waals surface area (Å²) in [5.41, 5.74) is 0. The van der Waals surface area contributed by atoms with E-state index >= 15 is 0 Å². The van der Waals surface area contributed by atoms with E-state index < -0.39 is 0 Å². The topological polar surface area (TPSA) is 40.5 Å². The molecule has 0 aliphatic heterocycles. The molecule has 0 aliphatic carbocycles. The van der Waals surface area contributed by atoms with Gasteiger partial charge in [0.2, 0.25) is 0 Å². The Morgan fingerprint density at radius 3 is 2.14 bits per heavy atom. The molecule has 0 amide bonds. The lowest BCUT2D eigenvalue weighted by Crippen LogP contribution is -2.20. The summed E-state index contributed by atoms with van der Waals surface area (Å²) in [6.07, 6.45) is 8.06. The molecule has 86 valence electrons. The third-order valence-electron chi connectivity index (χ3n) is 2.80. The molecular weight excluding hydrogens is 176 g/mol. The van der Waals surface area contributed by atoms with E-state index in [4.69, 9.17) is 5.11 Å². The fraction of sp³-hybridized carbons (Fsp3) is 1.00. The second-order valence-corrected chi connectivity index (χ2v) is 4.28. The summed E-state index contributed by atoms with van der Waals surface area (Å²) in [6.45, 7) is 4.20. The molecule has 2 atom stereocenters. The first-order valence-electron chi connectivity index (χ1n) is 6.01. The van der Waals surface area contributed by atoms with Crippen LogP contribution >= 0.6 is 0 Å². The highest BCUT2D eigenvalue weighted by molar-refractivity contribution is 4.63. The van der Waals surface area contributed by atoms with Gasteiger partial charge < -0.3 is 10.2 Å². The Kier molecular flexibility index (Phi) is 9.42. The SMILES string of the molecule is CCCCCCCC[C@@H](O)[C@@H](C)CO. The molecule has 14 heavy (non-hydrogen) atoms. The molecule has 0 saturated heterocycles. The van der Waals surface area contributed by atoms with Gasteiger partial charge in [0.15, 0.2) is 0 Å². The summed E-state index contributed by atoms with van der Waals surface area (Å²) in [4.78, 5) is 0. The number of aliphatic hydroxyl groups is 2. The van der Waals surface area contributed by atoms with Crippen LogP contribution in [0.4, 0.5) is 0 Å². The minimum Gasteiger partial charge on any atom is -0.396 e. The molecule has 0 aromatic carbocycles. The average Bonchev–Trinajstić information content (AvgIpc) is 2.21. The zero-order chi connectivity index (χ0) is 10.8. The van der Waals surface area contributed by atoms with Crippen LogP contribution in [-0.4, -0.2) is 22.9 Å². The Labute approximate surface area is 88.3 Å². The van der Waals surface area contributed by atoms with Crippen molar-refractivity contribution in [2.75, 3.05) is 6.61 Å². The van der Waals surface area contributed by atoms with Crippen molar-refractivity contribution in [2.24, 2.45) is 5.92 Å². The summed E-state index contributed by atoms with van der Waals surface area (Å²) < 4.78 is 0. The van der Waals surface area contributed by atoms with Crippen LogP contribution in [0.15, 0.2) is 0 Å². The van der Waals surface area contributed by atoms with Crippen molar-refractivity contribution in [1.82, 2.24) is 0 Å². The normalized spacial score (nSPS) is 15.4. The Hall–Kier alpha value is -0.0800. The van der Waals surface area contributed by atoms with Gasteiger partial charge >= 0.3 is 0 Å². The predicted molar refractivity (Wildman–Crippen MR) is 60.2 cm³/mol. The number of rotatable bonds is 9. The lowest BCUT2D eigenvalue weighted by atomic mass is 9.99. The molecule has 0 aromatic heterocycles. The second kappa shape index (κ2) is 9.47. The molecule has 0 spiro atoms. The number of hydrogen-bond acceptors (Lipinski definition) is 2. The van der Waals surface area contributed by atoms with Gasteiger partial charge in [0.05, 0.1) is 6.10 Å². The van der Waals surface area contributed by atoms with Crippen molar-refractivity contribution in [3.05, 3.63) is 0 Å². The van der Waals surface area contributed by atoms with Gasteiger partial charge in [-0.15, -0.1) is 0 Å². The van der Waals surface area contributed by atoms with E-state index in [9.17, 15) is 5.11 Å². The van der Waals surface area contributed by atoms with Crippen LogP contribution in [0.25, 0.3) is 0 Å². The Morgan fingerprint density at radius 1 is 1.00 bits per heavy atom. The first-order chi connectivity index (χ1) is 6.72. The van der Waals surface area contributed by atoms with E-state index in [0.717, 1.165) is 12.8 Å². The minimum absolute atomic E-state index is 0.0330. The third kappa shape index (κ3) is 7.34. The molecule has 0 saturated carbocycles. The van der Waals surface area contributed by atoms with Crippen LogP contribution in [-0.2, 0) is 0 Å². The molecule has 2 N–H and O–H groups in total. The van der Waals surface area contributed by atoms with Gasteiger partial charge in [-0.1, -0.05) is 52.4 Å². The molecule has 0 rings (SSSR count). The molecular formula is C12H26O2. The van der Waals surface area contributed by atoms with Gasteiger partial charge in [0.25, 0.3) is 0 Å². The van der Waals surface area contributed by atoms with Gasteiger partial charge in [-0.2, -0.15) is 0 Å². The molecule has 0 unspecified atom stereocenters. The maximum atomic E-state index is 9.56. The van der Waals surface area contributed by atoms with Crippen LogP contribution in [0.2, 0.25) is 0 Å². The largest absolute Gasteiger partial charge is 0.396 e. The number of aliphatic hydroxyl groups excluding tert-OH is 2. The van der Waals surface area contributed by atoms with E-state index in [-0.39, 0.29) is 18.6 Å². The molecule has 2 heteroatoms. The Morgan fingerprint density at radius 2 is 1.57 bits per heavy atom. The summed E-state index contributed by atoms with van der Waals surface area (Å²) in [6, 6.07) is 0. The van der Waals surface area contributed by atoms with E-state index in [0.29, 0.717) is 0 Å². The number of unbranched alkanes of at least 4 members (excludes halogenated alkanes) is 5. The standard InChI is InChI=1S/C12H26O2/c1-3-4-5-6-7-8-9-12(14)11(2)10-13/h11-14H,3-10H2,1-2H3/t11-,12+/m0/s1. The van der Waals surface area contributed by atoms with Gasteiger partial charge in [0, 0.05) is 12.5 Å². The molecule has 0 heterocycles. The second-order valence-electron chi connectivity index (χ2n) is 4.28. The van der Waals surface area contributed by atoms with Gasteiger partial charge in [-0.05, 0) is 6.42 Å². The van der Waals surface area contributed by atoms with Crippen LogP contribution < -0.4 is 0 Å². The average molecular weight is 202 g/mol. The Bertz CT molecular complexity index is 115. The summed E-state index contributed by atoms with van der Waals surface area (Å²) >= 11 is 0. The first kappa shape index (κ1) is 13.9. The van der Waals surface area contributed by atoms with Crippen molar-refractivity contribution in [1.29, 1.82) is 0 Å². The molecule has 0 bridgehead atoms. The maximum absolute atomic E-state index is 9.56. The van der Waals surface area contributed by atoms with Crippen molar-refractivity contribution < 1.29 is 10.2 Å². The smallest absolute Gasteiger partial charge is 0.0587 e. The zero-order valence-corrected chi connectivity index (χ0v) is 9.71. The summed E-state index contributed by atoms with van der Waals surface area (Å²) in [5, 5.41) is 18.4. The quantitative estimate of drug-likeness (QED) is 0.564. The van der Waals surface area contributed by atoms with E-state index in [1.54, 1.807) is 0 Å². The highest BCUT2D eigenvalue weighted by Gasteiger charge is 2.11. The van der Waals surface area contributed by atoms with Gasteiger partial charge in [-0.25, -0.2) is 0 Å². The lowest BCUT2D eigenvalue weighted by Gasteiger charge is -2.15. The van der Waals surface area contributed by atoms with Crippen LogP contribution in [0.5, 0.6) is 0 Å². The van der Waals surface area contributed by atoms with Crippen molar-refractivity contribution in [2.45, 2.75) is 64.9 Å². The zero-order valence-electron chi connectivity index (χ0n) is 9.71. The fourth-order valence-corrected chi connectivity index (χ4v) is 1.54. The highest BCUT2D eigenvalue weighted by Crippen LogP contribution is 2.12. The van der Waals surface area contributed by atoms with Crippen molar-refractivity contribution >= 4 is 0 Å². The van der Waals surface area contributed by atoms with E-state index in [1.165, 1.54) is 32.1 Å². The lowest BCUT2D eigenvalue weighted by molar-refractivity contribution is 0.0685. The van der Waals surface area contributed by atoms with Gasteiger partial charge in [0.1, 0.15) is 0 Å². The molecule has 0 aliphatic rings. The van der Waals surface area contributed by atoms with Crippen LogP contribution in [0, 0.1) is 5.92 Å². The van der Waals surface area contributed by atoms with Crippen LogP contribution in [0.3, 0.4) is 0 Å². The van der Waals surface area contributed by atoms with E-state index in [1.807, 2.05) is 6.92 Å². The van der Waals surface area contributed by atoms with Crippen LogP contribution in [0.1, 0.15) is 58.8 Å². The molecule has 0 radical (unpaired) electrons. The van der Waals surface area contributed by atoms with Gasteiger partial charge in [-0.3, -0.25) is 0 Å². The first-order valence-corrected chi connectivity index (χ1v) is 6.01. The molecule has 0 fully saturated rings. The predicted octanol–water partition coefficient (Wildman–Crippen LogP) is 2.73. The van der Waals surface area contributed by atoms with E-state index in [2.05, 4.69) is 6.92 Å². The number of hydrogen-bond donors (Lipinski definition) is 2. The molecule has 2 nitrogen and oxygen atoms in total.